The zero-order valence-corrected chi connectivity index (χ0v) is 21.9. The van der Waals surface area contributed by atoms with Gasteiger partial charge in [0.1, 0.15) is 5.82 Å². The van der Waals surface area contributed by atoms with E-state index in [1.54, 1.807) is 40.8 Å². The van der Waals surface area contributed by atoms with Gasteiger partial charge in [-0.15, -0.1) is 0 Å². The van der Waals surface area contributed by atoms with E-state index >= 15 is 0 Å². The number of anilines is 4. The van der Waals surface area contributed by atoms with E-state index in [1.165, 1.54) is 5.56 Å². The number of nitrogens with zero attached hydrogens (tertiary/aromatic N) is 4. The van der Waals surface area contributed by atoms with E-state index in [9.17, 15) is 8.42 Å². The van der Waals surface area contributed by atoms with Crippen LogP contribution in [0, 0.1) is 6.92 Å². The van der Waals surface area contributed by atoms with Gasteiger partial charge in [0.05, 0.1) is 4.90 Å². The van der Waals surface area contributed by atoms with Crippen molar-refractivity contribution in [1.29, 1.82) is 0 Å². The topological polar surface area (TPSA) is 102 Å². The van der Waals surface area contributed by atoms with Crippen molar-refractivity contribution in [1.82, 2.24) is 24.5 Å². The Balaban J connectivity index is 1.46. The first-order chi connectivity index (χ1) is 17.3. The highest BCUT2D eigenvalue weighted by molar-refractivity contribution is 7.89. The molecule has 1 aliphatic heterocycles. The molecule has 1 aliphatic rings. The molecule has 0 bridgehead atoms. The van der Waals surface area contributed by atoms with Gasteiger partial charge >= 0.3 is 0 Å². The molecule has 0 saturated carbocycles. The lowest BCUT2D eigenvalue weighted by Gasteiger charge is -2.36. The molecule has 0 spiro atoms. The fraction of sp³-hybridized carbons (Fsp3) is 0.385. The van der Waals surface area contributed by atoms with Crippen molar-refractivity contribution < 1.29 is 8.42 Å². The molecule has 3 aromatic rings. The summed E-state index contributed by atoms with van der Waals surface area (Å²) in [6, 6.07) is 16.7. The van der Waals surface area contributed by atoms with Crippen molar-refractivity contribution in [2.24, 2.45) is 0 Å². The standard InChI is InChI=1S/C26H35N7O2S/c1-20-4-6-21(7-5-20)29-25-12-15-28-26(31-25)30-22-8-10-24(11-9-22)36(34,35)33(19-16-27-2)23-13-17-32(3)18-14-23/h4-12,15,23,27H,13-14,16-19H2,1-3H3,(H2,28,29,30,31). The Labute approximate surface area is 214 Å². The molecular formula is C26H35N7O2S. The average molecular weight is 510 g/mol. The lowest BCUT2D eigenvalue weighted by Crippen LogP contribution is -2.48. The number of benzene rings is 2. The second-order valence-corrected chi connectivity index (χ2v) is 11.1. The van der Waals surface area contributed by atoms with Gasteiger partial charge in [-0.3, -0.25) is 0 Å². The minimum atomic E-state index is -3.62. The first-order valence-electron chi connectivity index (χ1n) is 12.2. The minimum Gasteiger partial charge on any atom is -0.340 e. The zero-order valence-electron chi connectivity index (χ0n) is 21.1. The minimum absolute atomic E-state index is 0.00882. The van der Waals surface area contributed by atoms with Gasteiger partial charge in [0, 0.05) is 36.7 Å². The maximum Gasteiger partial charge on any atom is 0.243 e. The van der Waals surface area contributed by atoms with Crippen molar-refractivity contribution in [3.63, 3.8) is 0 Å². The van der Waals surface area contributed by atoms with E-state index in [0.717, 1.165) is 31.6 Å². The summed E-state index contributed by atoms with van der Waals surface area (Å²) in [5, 5.41) is 9.51. The molecule has 0 amide bonds. The summed E-state index contributed by atoms with van der Waals surface area (Å²) in [5.41, 5.74) is 2.84. The van der Waals surface area contributed by atoms with Gasteiger partial charge in [0.25, 0.3) is 0 Å². The Bertz CT molecular complexity index is 1230. The van der Waals surface area contributed by atoms with Crippen molar-refractivity contribution in [2.45, 2.75) is 30.7 Å². The van der Waals surface area contributed by atoms with Crippen LogP contribution in [0.3, 0.4) is 0 Å². The van der Waals surface area contributed by atoms with Gasteiger partial charge in [0.2, 0.25) is 16.0 Å². The van der Waals surface area contributed by atoms with Gasteiger partial charge in [0.15, 0.2) is 0 Å². The zero-order chi connectivity index (χ0) is 25.5. The number of hydrogen-bond donors (Lipinski definition) is 3. The number of nitrogens with one attached hydrogen (secondary N) is 3. The van der Waals surface area contributed by atoms with Crippen molar-refractivity contribution in [2.75, 3.05) is 50.9 Å². The molecular weight excluding hydrogens is 474 g/mol. The Kier molecular flexibility index (Phi) is 8.52. The van der Waals surface area contributed by atoms with Crippen LogP contribution in [0.2, 0.25) is 0 Å². The molecule has 192 valence electrons. The molecule has 1 fully saturated rings. The molecule has 10 heteroatoms. The van der Waals surface area contributed by atoms with Crippen LogP contribution >= 0.6 is 0 Å². The van der Waals surface area contributed by atoms with E-state index in [2.05, 4.69) is 37.9 Å². The predicted octanol–water partition coefficient (Wildman–Crippen LogP) is 3.58. The predicted molar refractivity (Wildman–Crippen MR) is 145 cm³/mol. The summed E-state index contributed by atoms with van der Waals surface area (Å²) in [4.78, 5) is 11.3. The molecule has 9 nitrogen and oxygen atoms in total. The summed E-state index contributed by atoms with van der Waals surface area (Å²) in [7, 11) is 0.298. The smallest absolute Gasteiger partial charge is 0.243 e. The Morgan fingerprint density at radius 1 is 0.972 bits per heavy atom. The SMILES string of the molecule is CNCCN(C1CCN(C)CC1)S(=O)(=O)c1ccc(Nc2nccc(Nc3ccc(C)cc3)n2)cc1. The lowest BCUT2D eigenvalue weighted by atomic mass is 10.1. The Morgan fingerprint density at radius 3 is 2.28 bits per heavy atom. The van der Waals surface area contributed by atoms with Crippen molar-refractivity contribution in [3.05, 3.63) is 66.4 Å². The molecule has 0 radical (unpaired) electrons. The summed E-state index contributed by atoms with van der Waals surface area (Å²) >= 11 is 0. The number of sulfonamides is 1. The fourth-order valence-electron chi connectivity index (χ4n) is 4.25. The maximum absolute atomic E-state index is 13.6. The molecule has 1 aromatic heterocycles. The summed E-state index contributed by atoms with van der Waals surface area (Å²) in [6.07, 6.45) is 3.35. The molecule has 0 aliphatic carbocycles. The van der Waals surface area contributed by atoms with Crippen LogP contribution in [-0.4, -0.2) is 73.9 Å². The van der Waals surface area contributed by atoms with Crippen LogP contribution in [0.5, 0.6) is 0 Å². The summed E-state index contributed by atoms with van der Waals surface area (Å²) in [6.45, 7) is 4.90. The van der Waals surface area contributed by atoms with Crippen molar-refractivity contribution in [3.8, 4) is 0 Å². The van der Waals surface area contributed by atoms with Gasteiger partial charge in [-0.1, -0.05) is 17.7 Å². The van der Waals surface area contributed by atoms with Crippen LogP contribution < -0.4 is 16.0 Å². The van der Waals surface area contributed by atoms with E-state index in [1.807, 2.05) is 38.2 Å². The van der Waals surface area contributed by atoms with Gasteiger partial charge in [-0.05, 0) is 89.4 Å². The number of aromatic nitrogens is 2. The molecule has 2 heterocycles. The monoisotopic (exact) mass is 509 g/mol. The van der Waals surface area contributed by atoms with E-state index < -0.39 is 10.0 Å². The number of rotatable bonds is 10. The van der Waals surface area contributed by atoms with Gasteiger partial charge in [-0.25, -0.2) is 13.4 Å². The molecule has 3 N–H and O–H groups in total. The molecule has 0 atom stereocenters. The van der Waals surface area contributed by atoms with Crippen LogP contribution in [0.1, 0.15) is 18.4 Å². The van der Waals surface area contributed by atoms with Crippen LogP contribution in [0.15, 0.2) is 65.7 Å². The Morgan fingerprint density at radius 2 is 1.61 bits per heavy atom. The quantitative estimate of drug-likeness (QED) is 0.381. The first kappa shape index (κ1) is 26.0. The van der Waals surface area contributed by atoms with E-state index in [0.29, 0.717) is 35.4 Å². The highest BCUT2D eigenvalue weighted by Gasteiger charge is 2.32. The van der Waals surface area contributed by atoms with E-state index in [-0.39, 0.29) is 6.04 Å². The van der Waals surface area contributed by atoms with Crippen LogP contribution in [0.25, 0.3) is 0 Å². The number of likely N-dealkylation sites (tertiary alicyclic amines) is 1. The maximum atomic E-state index is 13.6. The normalized spacial score (nSPS) is 15.2. The number of piperidine rings is 1. The van der Waals surface area contributed by atoms with E-state index in [4.69, 9.17) is 0 Å². The summed E-state index contributed by atoms with van der Waals surface area (Å²) in [5.74, 6) is 1.08. The molecule has 4 rings (SSSR count). The third kappa shape index (κ3) is 6.58. The second kappa shape index (κ2) is 11.8. The average Bonchev–Trinajstić information content (AvgIpc) is 2.87. The lowest BCUT2D eigenvalue weighted by molar-refractivity contribution is 0.183. The van der Waals surface area contributed by atoms with Gasteiger partial charge in [-0.2, -0.15) is 9.29 Å². The molecule has 36 heavy (non-hydrogen) atoms. The van der Waals surface area contributed by atoms with Crippen molar-refractivity contribution >= 4 is 33.2 Å². The molecule has 2 aromatic carbocycles. The third-order valence-electron chi connectivity index (χ3n) is 6.37. The first-order valence-corrected chi connectivity index (χ1v) is 13.7. The molecule has 1 saturated heterocycles. The Hall–Kier alpha value is -3.05. The van der Waals surface area contributed by atoms with Crippen LogP contribution in [-0.2, 0) is 10.0 Å². The number of hydrogen-bond acceptors (Lipinski definition) is 8. The summed E-state index contributed by atoms with van der Waals surface area (Å²) < 4.78 is 28.8. The number of aryl methyl sites for hydroxylation is 1. The second-order valence-electron chi connectivity index (χ2n) is 9.16. The molecule has 0 unspecified atom stereocenters. The number of likely N-dealkylation sites (N-methyl/N-ethyl adjacent to an activating group) is 1. The van der Waals surface area contributed by atoms with Gasteiger partial charge < -0.3 is 20.9 Å². The largest absolute Gasteiger partial charge is 0.340 e. The van der Waals surface area contributed by atoms with Crippen LogP contribution in [0.4, 0.5) is 23.1 Å². The third-order valence-corrected chi connectivity index (χ3v) is 8.34. The highest BCUT2D eigenvalue weighted by atomic mass is 32.2. The highest BCUT2D eigenvalue weighted by Crippen LogP contribution is 2.26. The fourth-order valence-corrected chi connectivity index (χ4v) is 5.94.